The number of nitrogens with one attached hydrogen (secondary N) is 1. The Morgan fingerprint density at radius 2 is 1.94 bits per heavy atom. The summed E-state index contributed by atoms with van der Waals surface area (Å²) in [6.07, 6.45) is 3.14. The standard InChI is InChI=1S/C33H39FN6O8S/c1-32(2,3)48-31(42)38-13-10-33(11-14-38)16-21(19-46-33)40-20-36-27-7-5-22(15-24(27)30(40)41)47-29-25(17-35)28(8-6-26(29)34)37-49(43,44)39-12-9-23(18-39)45-4/h5-8,15,20-21,23,37H,9-14,16,18-19H2,1-4H3/t21-,23-/m1/s1. The van der Waals surface area contributed by atoms with Crippen molar-refractivity contribution in [3.05, 3.63) is 58.4 Å². The second-order valence-electron chi connectivity index (χ2n) is 13.6. The Kier molecular flexibility index (Phi) is 9.31. The van der Waals surface area contributed by atoms with Crippen LogP contribution >= 0.6 is 0 Å². The van der Waals surface area contributed by atoms with Crippen molar-refractivity contribution in [2.24, 2.45) is 0 Å². The van der Waals surface area contributed by atoms with Crippen molar-refractivity contribution in [3.63, 3.8) is 0 Å². The van der Waals surface area contributed by atoms with E-state index in [4.69, 9.17) is 18.9 Å². The van der Waals surface area contributed by atoms with Crippen LogP contribution in [0.4, 0.5) is 14.9 Å². The summed E-state index contributed by atoms with van der Waals surface area (Å²) >= 11 is 0. The Bertz CT molecular complexity index is 1970. The molecule has 16 heteroatoms. The summed E-state index contributed by atoms with van der Waals surface area (Å²) in [6.45, 7) is 7.08. The first-order valence-electron chi connectivity index (χ1n) is 16.0. The molecule has 1 spiro atoms. The van der Waals surface area contributed by atoms with Gasteiger partial charge in [0.1, 0.15) is 23.0 Å². The van der Waals surface area contributed by atoms with E-state index in [9.17, 15) is 23.3 Å². The predicted molar refractivity (Wildman–Crippen MR) is 176 cm³/mol. The van der Waals surface area contributed by atoms with Crippen LogP contribution in [0.3, 0.4) is 0 Å². The molecule has 3 aromatic rings. The maximum absolute atomic E-state index is 15.1. The molecule has 3 aliphatic rings. The lowest BCUT2D eigenvalue weighted by atomic mass is 9.87. The van der Waals surface area contributed by atoms with E-state index in [0.29, 0.717) is 50.9 Å². The first kappa shape index (κ1) is 34.6. The molecular formula is C33H39FN6O8S. The predicted octanol–water partition coefficient (Wildman–Crippen LogP) is 4.31. The van der Waals surface area contributed by atoms with E-state index >= 15 is 4.39 Å². The van der Waals surface area contributed by atoms with E-state index in [1.807, 2.05) is 26.8 Å². The number of fused-ring (bicyclic) bond motifs is 1. The van der Waals surface area contributed by atoms with Crippen LogP contribution in [0.15, 0.2) is 41.5 Å². The van der Waals surface area contributed by atoms with Crippen molar-refractivity contribution in [2.45, 2.75) is 69.8 Å². The lowest BCUT2D eigenvalue weighted by molar-refractivity contribution is -0.0486. The molecule has 0 radical (unpaired) electrons. The van der Waals surface area contributed by atoms with Crippen molar-refractivity contribution in [3.8, 4) is 17.6 Å². The van der Waals surface area contributed by atoms with Gasteiger partial charge >= 0.3 is 16.3 Å². The highest BCUT2D eigenvalue weighted by atomic mass is 32.2. The van der Waals surface area contributed by atoms with Gasteiger partial charge in [-0.1, -0.05) is 0 Å². The van der Waals surface area contributed by atoms with Crippen molar-refractivity contribution < 1.29 is 36.6 Å². The van der Waals surface area contributed by atoms with Crippen LogP contribution in [-0.4, -0.2) is 90.5 Å². The lowest BCUT2D eigenvalue weighted by Crippen LogP contribution is -2.48. The molecule has 0 bridgehead atoms. The normalized spacial score (nSPS) is 21.2. The van der Waals surface area contributed by atoms with Gasteiger partial charge in [0.25, 0.3) is 5.56 Å². The number of anilines is 1. The van der Waals surface area contributed by atoms with Gasteiger partial charge in [-0.15, -0.1) is 0 Å². The quantitative estimate of drug-likeness (QED) is 0.376. The molecule has 3 aliphatic heterocycles. The monoisotopic (exact) mass is 698 g/mol. The summed E-state index contributed by atoms with van der Waals surface area (Å²) in [5.74, 6) is -1.34. The van der Waals surface area contributed by atoms with Gasteiger partial charge in [0.15, 0.2) is 11.6 Å². The third-order valence-corrected chi connectivity index (χ3v) is 10.6. The Hall–Kier alpha value is -4.30. The molecule has 49 heavy (non-hydrogen) atoms. The van der Waals surface area contributed by atoms with E-state index in [-0.39, 0.29) is 59.3 Å². The molecule has 6 rings (SSSR count). The lowest BCUT2D eigenvalue weighted by Gasteiger charge is -2.39. The van der Waals surface area contributed by atoms with Gasteiger partial charge in [-0.2, -0.15) is 18.0 Å². The smallest absolute Gasteiger partial charge is 0.410 e. The third kappa shape index (κ3) is 7.20. The maximum Gasteiger partial charge on any atom is 0.410 e. The van der Waals surface area contributed by atoms with Crippen LogP contribution < -0.4 is 15.0 Å². The summed E-state index contributed by atoms with van der Waals surface area (Å²) in [6, 6.07) is 8.14. The molecule has 1 amide bonds. The molecule has 14 nitrogen and oxygen atoms in total. The Morgan fingerprint density at radius 3 is 2.61 bits per heavy atom. The number of aromatic nitrogens is 2. The highest BCUT2D eigenvalue weighted by Gasteiger charge is 2.45. The van der Waals surface area contributed by atoms with Crippen LogP contribution in [0, 0.1) is 17.1 Å². The highest BCUT2D eigenvalue weighted by Crippen LogP contribution is 2.41. The van der Waals surface area contributed by atoms with Gasteiger partial charge in [-0.3, -0.25) is 14.1 Å². The molecular weight excluding hydrogens is 659 g/mol. The number of nitrogens with zero attached hydrogens (tertiary/aromatic N) is 5. The van der Waals surface area contributed by atoms with E-state index in [1.165, 1.54) is 34.4 Å². The molecule has 1 N–H and O–H groups in total. The molecule has 1 aromatic heterocycles. The molecule has 2 atom stereocenters. The molecule has 4 heterocycles. The SMILES string of the molecule is CO[C@@H]1CCN(S(=O)(=O)Nc2ccc(F)c(Oc3ccc4ncn([C@H]5COC6(CCN(C(=O)OC(C)(C)C)CC6)C5)c(=O)c4c3)c2C#N)C1. The summed E-state index contributed by atoms with van der Waals surface area (Å²) in [5.41, 5.74) is -1.56. The minimum atomic E-state index is -4.07. The Morgan fingerprint density at radius 1 is 1.18 bits per heavy atom. The molecule has 0 aliphatic carbocycles. The van der Waals surface area contributed by atoms with Crippen LogP contribution in [0.5, 0.6) is 11.5 Å². The topological polar surface area (TPSA) is 165 Å². The summed E-state index contributed by atoms with van der Waals surface area (Å²) < 4.78 is 69.1. The highest BCUT2D eigenvalue weighted by molar-refractivity contribution is 7.90. The number of amides is 1. The van der Waals surface area contributed by atoms with E-state index in [0.717, 1.165) is 12.1 Å². The van der Waals surface area contributed by atoms with Crippen LogP contribution in [0.2, 0.25) is 0 Å². The zero-order valence-corrected chi connectivity index (χ0v) is 28.6. The zero-order valence-electron chi connectivity index (χ0n) is 27.8. The van der Waals surface area contributed by atoms with Crippen LogP contribution in [0.1, 0.15) is 58.1 Å². The molecule has 0 saturated carbocycles. The average Bonchev–Trinajstić information content (AvgIpc) is 3.71. The number of nitriles is 1. The van der Waals surface area contributed by atoms with Gasteiger partial charge < -0.3 is 23.8 Å². The fourth-order valence-corrected chi connectivity index (χ4v) is 7.78. The molecule has 3 saturated heterocycles. The van der Waals surface area contributed by atoms with Gasteiger partial charge in [0.05, 0.1) is 47.3 Å². The van der Waals surface area contributed by atoms with Crippen molar-refractivity contribution >= 4 is 32.9 Å². The van der Waals surface area contributed by atoms with Gasteiger partial charge in [-0.25, -0.2) is 14.2 Å². The summed E-state index contributed by atoms with van der Waals surface area (Å²) in [4.78, 5) is 32.4. The Labute approximate surface area is 283 Å². The second kappa shape index (κ2) is 13.2. The fraction of sp³-hybridized carbons (Fsp3) is 0.515. The molecule has 3 fully saturated rings. The first-order valence-corrected chi connectivity index (χ1v) is 17.5. The van der Waals surface area contributed by atoms with E-state index in [2.05, 4.69) is 9.71 Å². The van der Waals surface area contributed by atoms with Crippen molar-refractivity contribution in [1.29, 1.82) is 5.26 Å². The van der Waals surface area contributed by atoms with Crippen LogP contribution in [-0.2, 0) is 24.4 Å². The number of likely N-dealkylation sites (tertiary alicyclic amines) is 1. The minimum Gasteiger partial charge on any atom is -0.453 e. The summed E-state index contributed by atoms with van der Waals surface area (Å²) in [5, 5.41) is 10.1. The Balaban J connectivity index is 1.20. The van der Waals surface area contributed by atoms with Gasteiger partial charge in [0.2, 0.25) is 0 Å². The second-order valence-corrected chi connectivity index (χ2v) is 15.3. The number of piperidine rings is 1. The van der Waals surface area contributed by atoms with Gasteiger partial charge in [-0.05, 0) is 76.8 Å². The van der Waals surface area contributed by atoms with Crippen molar-refractivity contribution in [1.82, 2.24) is 18.8 Å². The minimum absolute atomic E-state index is 0.0516. The number of carbonyl (C=O) groups is 1. The van der Waals surface area contributed by atoms with Gasteiger partial charge in [0, 0.05) is 33.3 Å². The number of methoxy groups -OCH3 is 1. The van der Waals surface area contributed by atoms with Crippen LogP contribution in [0.25, 0.3) is 10.9 Å². The number of benzene rings is 2. The number of halogens is 1. The molecule has 0 unspecified atom stereocenters. The number of carbonyl (C=O) groups excluding carboxylic acids is 1. The van der Waals surface area contributed by atoms with Crippen molar-refractivity contribution in [2.75, 3.05) is 44.6 Å². The zero-order chi connectivity index (χ0) is 35.1. The number of hydrogen-bond acceptors (Lipinski definition) is 10. The number of ether oxygens (including phenoxy) is 4. The van der Waals surface area contributed by atoms with E-state index in [1.54, 1.807) is 11.0 Å². The average molecular weight is 699 g/mol. The van der Waals surface area contributed by atoms with E-state index < -0.39 is 33.0 Å². The maximum atomic E-state index is 15.1. The first-order chi connectivity index (χ1) is 23.2. The summed E-state index contributed by atoms with van der Waals surface area (Å²) in [7, 11) is -2.57. The largest absolute Gasteiger partial charge is 0.453 e. The molecule has 262 valence electrons. The third-order valence-electron chi connectivity index (χ3n) is 9.12. The molecule has 2 aromatic carbocycles. The number of rotatable bonds is 7. The fourth-order valence-electron chi connectivity index (χ4n) is 6.49. The number of hydrogen-bond donors (Lipinski definition) is 1.